The zero-order valence-electron chi connectivity index (χ0n) is 37.9. The molecule has 0 saturated heterocycles. The van der Waals surface area contributed by atoms with Crippen molar-refractivity contribution in [1.82, 2.24) is 0 Å². The zero-order valence-corrected chi connectivity index (χ0v) is 37.9. The predicted molar refractivity (Wildman–Crippen MR) is 242 cm³/mol. The largest absolute Gasteiger partial charge is 0.462 e. The summed E-state index contributed by atoms with van der Waals surface area (Å²) in [6.45, 7) is 6.58. The van der Waals surface area contributed by atoms with E-state index in [-0.39, 0.29) is 31.1 Å². The van der Waals surface area contributed by atoms with E-state index in [0.29, 0.717) is 19.3 Å². The van der Waals surface area contributed by atoms with Crippen LogP contribution in [0.2, 0.25) is 0 Å². The first kappa shape index (κ1) is 54.6. The normalized spacial score (nSPS) is 12.3. The van der Waals surface area contributed by atoms with Crippen LogP contribution in [0.1, 0.15) is 252 Å². The van der Waals surface area contributed by atoms with Gasteiger partial charge in [-0.2, -0.15) is 0 Å². The molecule has 0 radical (unpaired) electrons. The van der Waals surface area contributed by atoms with Crippen molar-refractivity contribution in [3.8, 4) is 0 Å². The molecule has 332 valence electrons. The fourth-order valence-electron chi connectivity index (χ4n) is 6.88. The molecule has 0 aliphatic heterocycles. The molecule has 0 fully saturated rings. The number of esters is 3. The number of carbonyl (C=O) groups excluding carboxylic acids is 3. The van der Waals surface area contributed by atoms with Crippen molar-refractivity contribution < 1.29 is 28.6 Å². The van der Waals surface area contributed by atoms with E-state index in [9.17, 15) is 14.4 Å². The van der Waals surface area contributed by atoms with Gasteiger partial charge in [-0.3, -0.25) is 14.4 Å². The molecule has 0 aliphatic rings. The van der Waals surface area contributed by atoms with Crippen LogP contribution in [0.5, 0.6) is 0 Å². The maximum atomic E-state index is 12.7. The molecule has 0 aliphatic carbocycles. The third-order valence-corrected chi connectivity index (χ3v) is 10.6. The van der Waals surface area contributed by atoms with Crippen molar-refractivity contribution in [3.63, 3.8) is 0 Å². The summed E-state index contributed by atoms with van der Waals surface area (Å²) >= 11 is 0. The first-order valence-electron chi connectivity index (χ1n) is 24.5. The second kappa shape index (κ2) is 46.3. The monoisotopic (exact) mass is 801 g/mol. The Morgan fingerprint density at radius 1 is 0.351 bits per heavy atom. The number of rotatable bonds is 44. The van der Waals surface area contributed by atoms with E-state index >= 15 is 0 Å². The van der Waals surface area contributed by atoms with Crippen molar-refractivity contribution in [2.75, 3.05) is 13.2 Å². The van der Waals surface area contributed by atoms with Crippen LogP contribution in [0.3, 0.4) is 0 Å². The summed E-state index contributed by atoms with van der Waals surface area (Å²) in [5.41, 5.74) is 0. The van der Waals surface area contributed by atoms with Gasteiger partial charge in [-0.1, -0.05) is 192 Å². The fraction of sp³-hybridized carbons (Fsp3) is 0.824. The first-order valence-corrected chi connectivity index (χ1v) is 24.5. The third-order valence-electron chi connectivity index (χ3n) is 10.6. The van der Waals surface area contributed by atoms with E-state index in [2.05, 4.69) is 57.2 Å². The molecule has 0 spiro atoms. The molecular formula is C51H92O6. The molecule has 57 heavy (non-hydrogen) atoms. The molecule has 0 amide bonds. The maximum absolute atomic E-state index is 12.7. The van der Waals surface area contributed by atoms with Gasteiger partial charge in [-0.15, -0.1) is 0 Å². The number of unbranched alkanes of at least 4 members (excludes halogenated alkanes) is 27. The van der Waals surface area contributed by atoms with E-state index < -0.39 is 6.10 Å². The molecule has 0 bridgehead atoms. The average molecular weight is 801 g/mol. The Morgan fingerprint density at radius 3 is 1.04 bits per heavy atom. The van der Waals surface area contributed by atoms with Gasteiger partial charge < -0.3 is 14.2 Å². The lowest BCUT2D eigenvalue weighted by atomic mass is 10.1. The quantitative estimate of drug-likeness (QED) is 0.0264. The number of allylic oxidation sites excluding steroid dienone is 6. The number of ether oxygens (including phenoxy) is 3. The van der Waals surface area contributed by atoms with Crippen LogP contribution < -0.4 is 0 Å². The summed E-state index contributed by atoms with van der Waals surface area (Å²) in [6.07, 6.45) is 52.6. The van der Waals surface area contributed by atoms with Crippen molar-refractivity contribution in [3.05, 3.63) is 36.5 Å². The van der Waals surface area contributed by atoms with Crippen molar-refractivity contribution in [1.29, 1.82) is 0 Å². The molecule has 0 saturated carbocycles. The Balaban J connectivity index is 4.39. The van der Waals surface area contributed by atoms with Gasteiger partial charge in [0.2, 0.25) is 0 Å². The molecule has 6 heteroatoms. The molecule has 0 aromatic rings. The van der Waals surface area contributed by atoms with Crippen LogP contribution in [-0.4, -0.2) is 37.2 Å². The highest BCUT2D eigenvalue weighted by atomic mass is 16.6. The lowest BCUT2D eigenvalue weighted by molar-refractivity contribution is -0.167. The Bertz CT molecular complexity index is 969. The van der Waals surface area contributed by atoms with Gasteiger partial charge in [0.25, 0.3) is 0 Å². The molecule has 1 atom stereocenters. The summed E-state index contributed by atoms with van der Waals surface area (Å²) in [4.78, 5) is 37.8. The zero-order chi connectivity index (χ0) is 41.5. The lowest BCUT2D eigenvalue weighted by Gasteiger charge is -2.18. The first-order chi connectivity index (χ1) is 28.0. The van der Waals surface area contributed by atoms with Crippen LogP contribution in [0, 0.1) is 0 Å². The van der Waals surface area contributed by atoms with E-state index in [4.69, 9.17) is 14.2 Å². The second-order valence-corrected chi connectivity index (χ2v) is 16.4. The van der Waals surface area contributed by atoms with E-state index in [1.165, 1.54) is 122 Å². The van der Waals surface area contributed by atoms with Gasteiger partial charge in [0.15, 0.2) is 6.10 Å². The molecule has 0 aromatic carbocycles. The molecule has 0 unspecified atom stereocenters. The van der Waals surface area contributed by atoms with Crippen molar-refractivity contribution in [2.24, 2.45) is 0 Å². The number of carbonyl (C=O) groups is 3. The Labute approximate surface area is 353 Å². The molecule has 0 N–H and O–H groups in total. The van der Waals surface area contributed by atoms with E-state index in [1.807, 2.05) is 0 Å². The topological polar surface area (TPSA) is 78.9 Å². The second-order valence-electron chi connectivity index (χ2n) is 16.4. The molecule has 0 heterocycles. The minimum Gasteiger partial charge on any atom is -0.462 e. The molecule has 0 rings (SSSR count). The number of hydrogen-bond acceptors (Lipinski definition) is 6. The average Bonchev–Trinajstić information content (AvgIpc) is 3.21. The van der Waals surface area contributed by atoms with Gasteiger partial charge >= 0.3 is 17.9 Å². The SMILES string of the molecule is CCCCC/C=C\C/C=C\CCCCCCCC(=O)OC[C@H](COC(=O)CCCCCCCCCCCCC)OC(=O)CCCCCCC/C=C\CCCCCC. The standard InChI is InChI=1S/C51H92O6/c1-4-7-10-13-16-19-22-24-25-27-29-32-35-38-41-44-50(53)56-47-48(46-55-49(52)43-40-37-34-31-28-21-18-15-12-9-6-3)57-51(54)45-42-39-36-33-30-26-23-20-17-14-11-8-5-2/h16,19-20,23-25,48H,4-15,17-18,21-22,26-47H2,1-3H3/b19-16-,23-20-,25-24-/t48-/m0/s1. The molecule has 6 nitrogen and oxygen atoms in total. The highest BCUT2D eigenvalue weighted by molar-refractivity contribution is 5.71. The van der Waals surface area contributed by atoms with E-state index in [1.54, 1.807) is 0 Å². The molecular weight excluding hydrogens is 709 g/mol. The summed E-state index contributed by atoms with van der Waals surface area (Å²) in [7, 11) is 0. The summed E-state index contributed by atoms with van der Waals surface area (Å²) in [5, 5.41) is 0. The Morgan fingerprint density at radius 2 is 0.632 bits per heavy atom. The van der Waals surface area contributed by atoms with Crippen molar-refractivity contribution in [2.45, 2.75) is 258 Å². The van der Waals surface area contributed by atoms with E-state index in [0.717, 1.165) is 89.9 Å². The fourth-order valence-corrected chi connectivity index (χ4v) is 6.88. The Kier molecular flexibility index (Phi) is 44.4. The Hall–Kier alpha value is -2.37. The third kappa shape index (κ3) is 44.6. The van der Waals surface area contributed by atoms with Gasteiger partial charge in [0, 0.05) is 19.3 Å². The van der Waals surface area contributed by atoms with Crippen LogP contribution in [0.4, 0.5) is 0 Å². The highest BCUT2D eigenvalue weighted by Gasteiger charge is 2.19. The minimum absolute atomic E-state index is 0.0777. The maximum Gasteiger partial charge on any atom is 0.306 e. The summed E-state index contributed by atoms with van der Waals surface area (Å²) < 4.78 is 16.7. The van der Waals surface area contributed by atoms with Crippen molar-refractivity contribution >= 4 is 17.9 Å². The highest BCUT2D eigenvalue weighted by Crippen LogP contribution is 2.14. The minimum atomic E-state index is -0.777. The van der Waals surface area contributed by atoms with Crippen LogP contribution in [0.25, 0.3) is 0 Å². The lowest BCUT2D eigenvalue weighted by Crippen LogP contribution is -2.30. The smallest absolute Gasteiger partial charge is 0.306 e. The van der Waals surface area contributed by atoms with Crippen LogP contribution in [-0.2, 0) is 28.6 Å². The van der Waals surface area contributed by atoms with Gasteiger partial charge in [-0.05, 0) is 77.0 Å². The van der Waals surface area contributed by atoms with Crippen LogP contribution in [0.15, 0.2) is 36.5 Å². The van der Waals surface area contributed by atoms with Gasteiger partial charge in [-0.25, -0.2) is 0 Å². The molecule has 0 aromatic heterocycles. The van der Waals surface area contributed by atoms with Gasteiger partial charge in [0.1, 0.15) is 13.2 Å². The number of hydrogen-bond donors (Lipinski definition) is 0. The predicted octanol–water partition coefficient (Wildman–Crippen LogP) is 15.8. The van der Waals surface area contributed by atoms with Gasteiger partial charge in [0.05, 0.1) is 0 Å². The summed E-state index contributed by atoms with van der Waals surface area (Å²) in [5.74, 6) is -0.896. The summed E-state index contributed by atoms with van der Waals surface area (Å²) in [6, 6.07) is 0. The van der Waals surface area contributed by atoms with Crippen LogP contribution >= 0.6 is 0 Å².